The molecule has 29 heavy (non-hydrogen) atoms. The minimum atomic E-state index is -0.722. The number of carbonyl (C=O) groups excluding carboxylic acids is 2. The van der Waals surface area contributed by atoms with Crippen molar-refractivity contribution in [3.63, 3.8) is 0 Å². The van der Waals surface area contributed by atoms with Gasteiger partial charge in [0.1, 0.15) is 11.8 Å². The van der Waals surface area contributed by atoms with E-state index < -0.39 is 11.9 Å². The quantitative estimate of drug-likeness (QED) is 0.434. The van der Waals surface area contributed by atoms with Gasteiger partial charge in [-0.05, 0) is 54.8 Å². The fourth-order valence-corrected chi connectivity index (χ4v) is 3.10. The maximum absolute atomic E-state index is 12.6. The van der Waals surface area contributed by atoms with Gasteiger partial charge in [-0.2, -0.15) is 5.10 Å². The molecule has 0 bridgehead atoms. The van der Waals surface area contributed by atoms with Crippen molar-refractivity contribution in [1.29, 1.82) is 0 Å². The van der Waals surface area contributed by atoms with E-state index in [1.54, 1.807) is 37.4 Å². The van der Waals surface area contributed by atoms with Crippen molar-refractivity contribution in [2.75, 3.05) is 7.11 Å². The number of carbonyl (C=O) groups is 2. The van der Waals surface area contributed by atoms with Crippen molar-refractivity contribution < 1.29 is 14.3 Å². The second-order valence-corrected chi connectivity index (χ2v) is 8.14. The fraction of sp³-hybridized carbons (Fsp3) is 0.286. The molecule has 0 aliphatic carbocycles. The average Bonchev–Trinajstić information content (AvgIpc) is 2.67. The van der Waals surface area contributed by atoms with Crippen molar-refractivity contribution in [1.82, 2.24) is 10.7 Å². The number of hydrazone groups is 1. The highest BCUT2D eigenvalue weighted by atomic mass is 79.9. The molecule has 154 valence electrons. The fourth-order valence-electron chi connectivity index (χ4n) is 2.60. The zero-order valence-electron chi connectivity index (χ0n) is 16.4. The molecule has 0 aromatic heterocycles. The minimum Gasteiger partial charge on any atom is -0.496 e. The lowest BCUT2D eigenvalue weighted by atomic mass is 10.0. The van der Waals surface area contributed by atoms with Gasteiger partial charge in [0, 0.05) is 20.6 Å². The van der Waals surface area contributed by atoms with E-state index >= 15 is 0 Å². The van der Waals surface area contributed by atoms with Gasteiger partial charge in [-0.25, -0.2) is 5.43 Å². The van der Waals surface area contributed by atoms with Gasteiger partial charge in [-0.1, -0.05) is 41.4 Å². The van der Waals surface area contributed by atoms with Gasteiger partial charge in [0.15, 0.2) is 0 Å². The Morgan fingerprint density at radius 2 is 1.90 bits per heavy atom. The topological polar surface area (TPSA) is 79.8 Å². The molecule has 0 saturated heterocycles. The number of benzene rings is 2. The van der Waals surface area contributed by atoms with Crippen molar-refractivity contribution in [2.24, 2.45) is 11.0 Å². The monoisotopic (exact) mass is 479 g/mol. The molecule has 2 aromatic carbocycles. The van der Waals surface area contributed by atoms with E-state index in [9.17, 15) is 9.59 Å². The van der Waals surface area contributed by atoms with Crippen LogP contribution in [0.1, 0.15) is 36.2 Å². The summed E-state index contributed by atoms with van der Waals surface area (Å²) in [6.45, 7) is 3.95. The van der Waals surface area contributed by atoms with Crippen LogP contribution in [0.3, 0.4) is 0 Å². The molecule has 0 radical (unpaired) electrons. The van der Waals surface area contributed by atoms with Crippen LogP contribution in [-0.2, 0) is 4.79 Å². The SMILES string of the molecule is COc1ccc(Br)cc1C=NNC(=O)C(CC(C)C)NC(=O)c1ccc(Cl)cc1. The number of nitrogens with zero attached hydrogens (tertiary/aromatic N) is 1. The van der Waals surface area contributed by atoms with Crippen LogP contribution < -0.4 is 15.5 Å². The number of rotatable bonds is 8. The van der Waals surface area contributed by atoms with Crippen LogP contribution in [0.15, 0.2) is 52.0 Å². The predicted octanol–water partition coefficient (Wildman–Crippen LogP) is 4.41. The maximum Gasteiger partial charge on any atom is 0.262 e. The number of ether oxygens (including phenoxy) is 1. The smallest absolute Gasteiger partial charge is 0.262 e. The van der Waals surface area contributed by atoms with Gasteiger partial charge in [0.05, 0.1) is 13.3 Å². The van der Waals surface area contributed by atoms with Crippen molar-refractivity contribution >= 4 is 45.6 Å². The zero-order chi connectivity index (χ0) is 21.4. The van der Waals surface area contributed by atoms with Crippen LogP contribution in [0, 0.1) is 5.92 Å². The van der Waals surface area contributed by atoms with Crippen LogP contribution in [0.25, 0.3) is 0 Å². The normalized spacial score (nSPS) is 12.1. The lowest BCUT2D eigenvalue weighted by Gasteiger charge is -2.19. The van der Waals surface area contributed by atoms with Crippen LogP contribution in [0.2, 0.25) is 5.02 Å². The molecule has 1 unspecified atom stereocenters. The van der Waals surface area contributed by atoms with E-state index in [0.29, 0.717) is 28.3 Å². The summed E-state index contributed by atoms with van der Waals surface area (Å²) in [4.78, 5) is 25.1. The molecular formula is C21H23BrClN3O3. The second-order valence-electron chi connectivity index (χ2n) is 6.78. The molecule has 2 N–H and O–H groups in total. The summed E-state index contributed by atoms with van der Waals surface area (Å²) in [5, 5.41) is 7.32. The van der Waals surface area contributed by atoms with Gasteiger partial charge < -0.3 is 10.1 Å². The van der Waals surface area contributed by atoms with Gasteiger partial charge >= 0.3 is 0 Å². The Balaban J connectivity index is 2.07. The van der Waals surface area contributed by atoms with E-state index in [-0.39, 0.29) is 11.8 Å². The van der Waals surface area contributed by atoms with Crippen LogP contribution in [0.5, 0.6) is 5.75 Å². The molecule has 6 nitrogen and oxygen atoms in total. The van der Waals surface area contributed by atoms with E-state index in [1.807, 2.05) is 26.0 Å². The second kappa shape index (κ2) is 11.0. The zero-order valence-corrected chi connectivity index (χ0v) is 18.8. The Hall–Kier alpha value is -2.38. The highest BCUT2D eigenvalue weighted by Crippen LogP contribution is 2.21. The third kappa shape index (κ3) is 7.18. The highest BCUT2D eigenvalue weighted by Gasteiger charge is 2.22. The maximum atomic E-state index is 12.6. The molecule has 8 heteroatoms. The van der Waals surface area contributed by atoms with Crippen LogP contribution in [-0.4, -0.2) is 31.2 Å². The first-order chi connectivity index (χ1) is 13.8. The summed E-state index contributed by atoms with van der Waals surface area (Å²) in [7, 11) is 1.56. The lowest BCUT2D eigenvalue weighted by Crippen LogP contribution is -2.46. The molecule has 1 atom stereocenters. The number of amides is 2. The van der Waals surface area contributed by atoms with E-state index in [1.165, 1.54) is 6.21 Å². The van der Waals surface area contributed by atoms with Gasteiger partial charge in [0.25, 0.3) is 11.8 Å². The molecule has 2 rings (SSSR count). The summed E-state index contributed by atoms with van der Waals surface area (Å²) < 4.78 is 6.14. The molecule has 2 amide bonds. The predicted molar refractivity (Wildman–Crippen MR) is 119 cm³/mol. The summed E-state index contributed by atoms with van der Waals surface area (Å²) in [6, 6.07) is 11.2. The third-order valence-electron chi connectivity index (χ3n) is 4.01. The standard InChI is InChI=1S/C21H23BrClN3O3/c1-13(2)10-18(25-20(27)14-4-7-17(23)8-5-14)21(28)26-24-12-15-11-16(22)6-9-19(15)29-3/h4-9,11-13,18H,10H2,1-3H3,(H,25,27)(H,26,28). The van der Waals surface area contributed by atoms with E-state index in [2.05, 4.69) is 31.8 Å². The number of hydrogen-bond acceptors (Lipinski definition) is 4. The third-order valence-corrected chi connectivity index (χ3v) is 4.75. The van der Waals surface area contributed by atoms with Gasteiger partial charge in [-0.3, -0.25) is 9.59 Å². The van der Waals surface area contributed by atoms with Crippen LogP contribution in [0.4, 0.5) is 0 Å². The first-order valence-electron chi connectivity index (χ1n) is 9.03. The van der Waals surface area contributed by atoms with Crippen molar-refractivity contribution in [3.8, 4) is 5.75 Å². The first kappa shape index (κ1) is 22.9. The lowest BCUT2D eigenvalue weighted by molar-refractivity contribution is -0.123. The Bertz CT molecular complexity index is 885. The Kier molecular flexibility index (Phi) is 8.67. The van der Waals surface area contributed by atoms with Crippen molar-refractivity contribution in [2.45, 2.75) is 26.3 Å². The Morgan fingerprint density at radius 1 is 1.21 bits per heavy atom. The minimum absolute atomic E-state index is 0.199. The molecule has 0 aliphatic rings. The van der Waals surface area contributed by atoms with E-state index in [0.717, 1.165) is 4.47 Å². The highest BCUT2D eigenvalue weighted by molar-refractivity contribution is 9.10. The molecular weight excluding hydrogens is 458 g/mol. The molecule has 0 saturated carbocycles. The number of nitrogens with one attached hydrogen (secondary N) is 2. The summed E-state index contributed by atoms with van der Waals surface area (Å²) in [6.07, 6.45) is 1.97. The molecule has 0 fully saturated rings. The number of halogens is 2. The molecule has 2 aromatic rings. The average molecular weight is 481 g/mol. The largest absolute Gasteiger partial charge is 0.496 e. The summed E-state index contributed by atoms with van der Waals surface area (Å²) in [5.41, 5.74) is 3.63. The summed E-state index contributed by atoms with van der Waals surface area (Å²) >= 11 is 9.25. The number of hydrogen-bond donors (Lipinski definition) is 2. The van der Waals surface area contributed by atoms with Gasteiger partial charge in [0.2, 0.25) is 0 Å². The van der Waals surface area contributed by atoms with Gasteiger partial charge in [-0.15, -0.1) is 0 Å². The number of methoxy groups -OCH3 is 1. The Morgan fingerprint density at radius 3 is 2.52 bits per heavy atom. The van der Waals surface area contributed by atoms with Crippen LogP contribution >= 0.6 is 27.5 Å². The summed E-state index contributed by atoms with van der Waals surface area (Å²) in [5.74, 6) is 0.0812. The molecule has 0 heterocycles. The first-order valence-corrected chi connectivity index (χ1v) is 10.2. The molecule has 0 aliphatic heterocycles. The van der Waals surface area contributed by atoms with E-state index in [4.69, 9.17) is 16.3 Å². The Labute approximate surface area is 183 Å². The molecule has 0 spiro atoms. The van der Waals surface area contributed by atoms with Crippen molar-refractivity contribution in [3.05, 3.63) is 63.1 Å².